The molecule has 0 saturated carbocycles. The standard InChI is InChI=1S/C6H4BClFO2/c8-4-1-5(9)3-6(2-4)11-7-10/h1-3,10H. The first-order valence-corrected chi connectivity index (χ1v) is 3.19. The van der Waals surface area contributed by atoms with Crippen molar-refractivity contribution < 1.29 is 14.1 Å². The summed E-state index contributed by atoms with van der Waals surface area (Å²) in [6, 6.07) is 3.64. The molecule has 1 radical (unpaired) electrons. The lowest BCUT2D eigenvalue weighted by atomic mass is 10.3. The second-order valence-electron chi connectivity index (χ2n) is 1.83. The third kappa shape index (κ3) is 2.40. The molecule has 1 N–H and O–H groups in total. The van der Waals surface area contributed by atoms with Gasteiger partial charge in [-0.05, 0) is 12.1 Å². The van der Waals surface area contributed by atoms with Crippen LogP contribution in [0.2, 0.25) is 5.02 Å². The molecule has 11 heavy (non-hydrogen) atoms. The lowest BCUT2D eigenvalue weighted by Gasteiger charge is -2.00. The van der Waals surface area contributed by atoms with Crippen LogP contribution in [0.4, 0.5) is 4.39 Å². The lowest BCUT2D eigenvalue weighted by Crippen LogP contribution is -1.99. The van der Waals surface area contributed by atoms with E-state index in [-0.39, 0.29) is 10.8 Å². The monoisotopic (exact) mass is 173 g/mol. The molecule has 0 aromatic heterocycles. The topological polar surface area (TPSA) is 29.5 Å². The minimum atomic E-state index is -0.505. The van der Waals surface area contributed by atoms with Crippen molar-refractivity contribution in [3.63, 3.8) is 0 Å². The van der Waals surface area contributed by atoms with E-state index >= 15 is 0 Å². The van der Waals surface area contributed by atoms with Gasteiger partial charge in [0, 0.05) is 11.1 Å². The van der Waals surface area contributed by atoms with Gasteiger partial charge in [-0.2, -0.15) is 0 Å². The molecule has 5 heteroatoms. The van der Waals surface area contributed by atoms with Gasteiger partial charge < -0.3 is 9.68 Å². The molecule has 0 fully saturated rings. The quantitative estimate of drug-likeness (QED) is 0.685. The van der Waals surface area contributed by atoms with Crippen LogP contribution in [0.25, 0.3) is 0 Å². The normalized spacial score (nSPS) is 9.36. The van der Waals surface area contributed by atoms with Gasteiger partial charge >= 0.3 is 7.69 Å². The summed E-state index contributed by atoms with van der Waals surface area (Å²) in [6.07, 6.45) is 0. The van der Waals surface area contributed by atoms with Crippen molar-refractivity contribution in [2.45, 2.75) is 0 Å². The first-order chi connectivity index (χ1) is 5.22. The SMILES string of the molecule is O[B]Oc1cc(F)cc(Cl)c1. The van der Waals surface area contributed by atoms with E-state index < -0.39 is 5.82 Å². The van der Waals surface area contributed by atoms with E-state index in [1.54, 1.807) is 0 Å². The molecule has 2 nitrogen and oxygen atoms in total. The molecule has 0 aliphatic carbocycles. The molecule has 0 heterocycles. The first kappa shape index (κ1) is 8.36. The molecule has 1 rings (SSSR count). The summed E-state index contributed by atoms with van der Waals surface area (Å²) in [5, 5.41) is 8.41. The third-order valence-electron chi connectivity index (χ3n) is 1.02. The van der Waals surface area contributed by atoms with E-state index in [2.05, 4.69) is 4.65 Å². The molecule has 0 saturated heterocycles. The highest BCUT2D eigenvalue weighted by Crippen LogP contribution is 2.19. The van der Waals surface area contributed by atoms with Crippen molar-refractivity contribution in [2.75, 3.05) is 0 Å². The molecule has 0 unspecified atom stereocenters. The van der Waals surface area contributed by atoms with E-state index in [9.17, 15) is 4.39 Å². The second-order valence-corrected chi connectivity index (χ2v) is 2.26. The Bertz CT molecular complexity index is 236. The molecular formula is C6H4BClFO2. The van der Waals surface area contributed by atoms with E-state index in [0.717, 1.165) is 12.1 Å². The van der Waals surface area contributed by atoms with Gasteiger partial charge in [-0.25, -0.2) is 4.39 Å². The molecular weight excluding hydrogens is 169 g/mol. The van der Waals surface area contributed by atoms with Crippen LogP contribution < -0.4 is 4.65 Å². The van der Waals surface area contributed by atoms with Crippen LogP contribution in [-0.4, -0.2) is 12.7 Å². The number of benzene rings is 1. The fourth-order valence-electron chi connectivity index (χ4n) is 0.657. The summed E-state index contributed by atoms with van der Waals surface area (Å²) in [6.45, 7) is 0. The van der Waals surface area contributed by atoms with Crippen molar-refractivity contribution in [1.82, 2.24) is 0 Å². The molecule has 0 aliphatic heterocycles. The Morgan fingerprint density at radius 1 is 1.45 bits per heavy atom. The average Bonchev–Trinajstić information content (AvgIpc) is 1.85. The Hall–Kier alpha value is -0.735. The zero-order chi connectivity index (χ0) is 8.27. The van der Waals surface area contributed by atoms with Crippen LogP contribution in [0.1, 0.15) is 0 Å². The predicted octanol–water partition coefficient (Wildman–Crippen LogP) is 1.38. The molecule has 57 valence electrons. The summed E-state index contributed by atoms with van der Waals surface area (Å²) >= 11 is 5.47. The van der Waals surface area contributed by atoms with E-state index in [1.165, 1.54) is 6.07 Å². The molecule has 1 aromatic rings. The smallest absolute Gasteiger partial charge is 0.537 e. The third-order valence-corrected chi connectivity index (χ3v) is 1.24. The van der Waals surface area contributed by atoms with Crippen molar-refractivity contribution >= 4 is 19.3 Å². The van der Waals surface area contributed by atoms with Gasteiger partial charge in [-0.3, -0.25) is 0 Å². The summed E-state index contributed by atoms with van der Waals surface area (Å²) < 4.78 is 17.0. The summed E-state index contributed by atoms with van der Waals surface area (Å²) in [4.78, 5) is 0. The molecule has 0 spiro atoms. The van der Waals surface area contributed by atoms with Gasteiger partial charge in [0.1, 0.15) is 11.6 Å². The maximum atomic E-state index is 12.5. The van der Waals surface area contributed by atoms with Crippen LogP contribution in [0.3, 0.4) is 0 Å². The van der Waals surface area contributed by atoms with Crippen molar-refractivity contribution in [3.05, 3.63) is 29.0 Å². The van der Waals surface area contributed by atoms with Gasteiger partial charge in [-0.1, -0.05) is 11.6 Å². The summed E-state index contributed by atoms with van der Waals surface area (Å²) in [5.41, 5.74) is 0. The van der Waals surface area contributed by atoms with Gasteiger partial charge in [0.25, 0.3) is 0 Å². The average molecular weight is 173 g/mol. The Kier molecular flexibility index (Phi) is 2.73. The summed E-state index contributed by atoms with van der Waals surface area (Å²) in [7, 11) is 0.463. The van der Waals surface area contributed by atoms with Crippen molar-refractivity contribution in [2.24, 2.45) is 0 Å². The van der Waals surface area contributed by atoms with Gasteiger partial charge in [0.05, 0.1) is 0 Å². The molecule has 0 aliphatic rings. The Morgan fingerprint density at radius 3 is 2.73 bits per heavy atom. The van der Waals surface area contributed by atoms with Crippen LogP contribution in [0.5, 0.6) is 5.75 Å². The second kappa shape index (κ2) is 3.60. The van der Waals surface area contributed by atoms with Crippen LogP contribution in [0.15, 0.2) is 18.2 Å². The Morgan fingerprint density at radius 2 is 2.18 bits per heavy atom. The number of halogens is 2. The number of rotatable bonds is 2. The highest BCUT2D eigenvalue weighted by Gasteiger charge is 1.99. The van der Waals surface area contributed by atoms with Crippen molar-refractivity contribution in [1.29, 1.82) is 0 Å². The zero-order valence-electron chi connectivity index (χ0n) is 5.42. The number of hydrogen-bond donors (Lipinski definition) is 1. The summed E-state index contributed by atoms with van der Waals surface area (Å²) in [5.74, 6) is -0.341. The highest BCUT2D eigenvalue weighted by atomic mass is 35.5. The van der Waals surface area contributed by atoms with Gasteiger partial charge in [0.15, 0.2) is 0 Å². The largest absolute Gasteiger partial charge is 0.569 e. The number of hydrogen-bond acceptors (Lipinski definition) is 2. The minimum Gasteiger partial charge on any atom is -0.537 e. The highest BCUT2D eigenvalue weighted by molar-refractivity contribution is 6.30. The zero-order valence-corrected chi connectivity index (χ0v) is 6.18. The van der Waals surface area contributed by atoms with Gasteiger partial charge in [-0.15, -0.1) is 0 Å². The fraction of sp³-hybridized carbons (Fsp3) is 0. The van der Waals surface area contributed by atoms with Crippen molar-refractivity contribution in [3.8, 4) is 5.75 Å². The van der Waals surface area contributed by atoms with E-state index in [1.807, 2.05) is 0 Å². The molecule has 0 amide bonds. The fourth-order valence-corrected chi connectivity index (χ4v) is 0.869. The molecule has 0 atom stereocenters. The van der Waals surface area contributed by atoms with Crippen LogP contribution in [-0.2, 0) is 0 Å². The Balaban J connectivity index is 2.89. The maximum Gasteiger partial charge on any atom is 0.569 e. The predicted molar refractivity (Wildman–Crippen MR) is 40.0 cm³/mol. The van der Waals surface area contributed by atoms with Crippen LogP contribution >= 0.6 is 11.6 Å². The molecule has 1 aromatic carbocycles. The molecule has 0 bridgehead atoms. The van der Waals surface area contributed by atoms with E-state index in [0.29, 0.717) is 7.69 Å². The minimum absolute atomic E-state index is 0.164. The lowest BCUT2D eigenvalue weighted by molar-refractivity contribution is 0.451. The maximum absolute atomic E-state index is 12.5. The Labute approximate surface area is 68.9 Å². The van der Waals surface area contributed by atoms with E-state index in [4.69, 9.17) is 16.6 Å². The van der Waals surface area contributed by atoms with Crippen LogP contribution in [0, 0.1) is 5.82 Å². The first-order valence-electron chi connectivity index (χ1n) is 2.81. The van der Waals surface area contributed by atoms with Gasteiger partial charge in [0.2, 0.25) is 0 Å².